The summed E-state index contributed by atoms with van der Waals surface area (Å²) in [5.41, 5.74) is 0.421. The first-order valence-electron chi connectivity index (χ1n) is 6.36. The van der Waals surface area contributed by atoms with Crippen molar-refractivity contribution in [1.82, 2.24) is 5.32 Å². The highest BCUT2D eigenvalue weighted by molar-refractivity contribution is 7.10. The van der Waals surface area contributed by atoms with Crippen LogP contribution >= 0.6 is 11.3 Å². The van der Waals surface area contributed by atoms with E-state index in [1.165, 1.54) is 25.6 Å². The lowest BCUT2D eigenvalue weighted by Crippen LogP contribution is -2.28. The molecule has 0 radical (unpaired) electrons. The van der Waals surface area contributed by atoms with Crippen molar-refractivity contribution >= 4 is 17.2 Å². The van der Waals surface area contributed by atoms with Crippen LogP contribution < -0.4 is 14.8 Å². The van der Waals surface area contributed by atoms with Crippen molar-refractivity contribution in [3.05, 3.63) is 46.2 Å². The second-order valence-electron chi connectivity index (χ2n) is 4.34. The molecule has 2 aromatic rings. The van der Waals surface area contributed by atoms with E-state index in [0.29, 0.717) is 17.1 Å². The third kappa shape index (κ3) is 3.96. The lowest BCUT2D eigenvalue weighted by atomic mass is 10.2. The molecule has 1 unspecified atom stereocenters. The van der Waals surface area contributed by atoms with E-state index in [0.717, 1.165) is 4.88 Å². The highest BCUT2D eigenvalue weighted by Crippen LogP contribution is 2.23. The largest absolute Gasteiger partial charge is 0.497 e. The van der Waals surface area contributed by atoms with E-state index in [9.17, 15) is 9.90 Å². The van der Waals surface area contributed by atoms with E-state index in [2.05, 4.69) is 5.32 Å². The van der Waals surface area contributed by atoms with E-state index < -0.39 is 6.10 Å². The van der Waals surface area contributed by atoms with Gasteiger partial charge in [-0.1, -0.05) is 6.07 Å². The van der Waals surface area contributed by atoms with Crippen LogP contribution in [0.15, 0.2) is 35.7 Å². The van der Waals surface area contributed by atoms with Crippen LogP contribution in [0.25, 0.3) is 0 Å². The summed E-state index contributed by atoms with van der Waals surface area (Å²) in [5, 5.41) is 14.5. The van der Waals surface area contributed by atoms with Crippen LogP contribution in [0.1, 0.15) is 21.3 Å². The SMILES string of the molecule is COc1cc(OC)cc(C(=O)NCC(O)c2cccs2)c1. The predicted octanol–water partition coefficient (Wildman–Crippen LogP) is 2.23. The number of methoxy groups -OCH3 is 2. The average Bonchev–Trinajstić information content (AvgIpc) is 3.06. The first-order valence-corrected chi connectivity index (χ1v) is 7.24. The Morgan fingerprint density at radius 2 is 1.95 bits per heavy atom. The minimum Gasteiger partial charge on any atom is -0.497 e. The fourth-order valence-electron chi connectivity index (χ4n) is 1.81. The molecule has 6 heteroatoms. The van der Waals surface area contributed by atoms with Crippen molar-refractivity contribution in [3.8, 4) is 11.5 Å². The van der Waals surface area contributed by atoms with Gasteiger partial charge in [0.05, 0.1) is 14.2 Å². The number of hydrogen-bond acceptors (Lipinski definition) is 5. The normalized spacial score (nSPS) is 11.8. The minimum absolute atomic E-state index is 0.152. The second kappa shape index (κ2) is 7.10. The predicted molar refractivity (Wildman–Crippen MR) is 81.2 cm³/mol. The Kier molecular flexibility index (Phi) is 5.19. The molecule has 0 aliphatic rings. The highest BCUT2D eigenvalue weighted by Gasteiger charge is 2.13. The molecule has 0 bridgehead atoms. The Morgan fingerprint density at radius 3 is 2.48 bits per heavy atom. The van der Waals surface area contributed by atoms with E-state index in [4.69, 9.17) is 9.47 Å². The smallest absolute Gasteiger partial charge is 0.251 e. The Labute approximate surface area is 127 Å². The Hall–Kier alpha value is -2.05. The molecular weight excluding hydrogens is 290 g/mol. The number of aliphatic hydroxyl groups excluding tert-OH is 1. The van der Waals surface area contributed by atoms with Gasteiger partial charge in [-0.2, -0.15) is 0 Å². The summed E-state index contributed by atoms with van der Waals surface area (Å²) in [6.07, 6.45) is -0.707. The van der Waals surface area contributed by atoms with E-state index in [1.54, 1.807) is 18.2 Å². The minimum atomic E-state index is -0.707. The van der Waals surface area contributed by atoms with E-state index in [-0.39, 0.29) is 12.5 Å². The maximum Gasteiger partial charge on any atom is 0.251 e. The van der Waals surface area contributed by atoms with Gasteiger partial charge in [0.25, 0.3) is 5.91 Å². The third-order valence-electron chi connectivity index (χ3n) is 2.94. The highest BCUT2D eigenvalue weighted by atomic mass is 32.1. The number of rotatable bonds is 6. The summed E-state index contributed by atoms with van der Waals surface area (Å²) in [7, 11) is 3.05. The third-order valence-corrected chi connectivity index (χ3v) is 3.91. The number of thiophene rings is 1. The van der Waals surface area contributed by atoms with Crippen LogP contribution in [0.4, 0.5) is 0 Å². The van der Waals surface area contributed by atoms with Gasteiger partial charge < -0.3 is 19.9 Å². The Morgan fingerprint density at radius 1 is 1.29 bits per heavy atom. The lowest BCUT2D eigenvalue weighted by Gasteiger charge is -2.12. The zero-order chi connectivity index (χ0) is 15.2. The molecule has 2 rings (SSSR count). The van der Waals surface area contributed by atoms with Crippen LogP contribution in [-0.4, -0.2) is 31.8 Å². The van der Waals surface area contributed by atoms with Gasteiger partial charge in [0.1, 0.15) is 17.6 Å². The fourth-order valence-corrected chi connectivity index (χ4v) is 2.52. The molecule has 112 valence electrons. The van der Waals surface area contributed by atoms with Crippen molar-refractivity contribution in [2.24, 2.45) is 0 Å². The summed E-state index contributed by atoms with van der Waals surface area (Å²) >= 11 is 1.45. The number of carbonyl (C=O) groups is 1. The summed E-state index contributed by atoms with van der Waals surface area (Å²) in [6.45, 7) is 0.152. The zero-order valence-electron chi connectivity index (χ0n) is 11.8. The maximum atomic E-state index is 12.1. The van der Waals surface area contributed by atoms with Gasteiger partial charge >= 0.3 is 0 Å². The summed E-state index contributed by atoms with van der Waals surface area (Å²) in [5.74, 6) is 0.791. The molecule has 0 spiro atoms. The molecule has 5 nitrogen and oxygen atoms in total. The summed E-state index contributed by atoms with van der Waals surface area (Å²) in [4.78, 5) is 12.9. The molecule has 2 N–H and O–H groups in total. The van der Waals surface area contributed by atoms with Crippen LogP contribution in [0, 0.1) is 0 Å². The van der Waals surface area contributed by atoms with Gasteiger partial charge in [-0.3, -0.25) is 4.79 Å². The number of hydrogen-bond donors (Lipinski definition) is 2. The quantitative estimate of drug-likeness (QED) is 0.859. The number of aliphatic hydroxyl groups is 1. The molecule has 1 atom stereocenters. The van der Waals surface area contributed by atoms with Crippen LogP contribution in [-0.2, 0) is 0 Å². The number of carbonyl (C=O) groups excluding carboxylic acids is 1. The first-order chi connectivity index (χ1) is 10.1. The van der Waals surface area contributed by atoms with Gasteiger partial charge in [-0.15, -0.1) is 11.3 Å². The number of nitrogens with one attached hydrogen (secondary N) is 1. The number of benzene rings is 1. The van der Waals surface area contributed by atoms with Gasteiger partial charge in [0.2, 0.25) is 0 Å². The number of amides is 1. The maximum absolute atomic E-state index is 12.1. The topological polar surface area (TPSA) is 67.8 Å². The van der Waals surface area contributed by atoms with Crippen molar-refractivity contribution < 1.29 is 19.4 Å². The van der Waals surface area contributed by atoms with Crippen LogP contribution in [0.3, 0.4) is 0 Å². The number of ether oxygens (including phenoxy) is 2. The van der Waals surface area contributed by atoms with Crippen molar-refractivity contribution in [2.45, 2.75) is 6.10 Å². The van der Waals surface area contributed by atoms with Crippen LogP contribution in [0.2, 0.25) is 0 Å². The molecule has 1 aromatic carbocycles. The van der Waals surface area contributed by atoms with Crippen molar-refractivity contribution in [1.29, 1.82) is 0 Å². The molecule has 1 amide bonds. The average molecular weight is 307 g/mol. The molecule has 0 aliphatic heterocycles. The lowest BCUT2D eigenvalue weighted by molar-refractivity contribution is 0.0917. The van der Waals surface area contributed by atoms with Gasteiger partial charge in [0, 0.05) is 23.1 Å². The Bertz CT molecular complexity index is 575. The molecule has 1 heterocycles. The molecule has 0 saturated carbocycles. The summed E-state index contributed by atoms with van der Waals surface area (Å²) < 4.78 is 10.2. The monoisotopic (exact) mass is 307 g/mol. The molecular formula is C15H17NO4S. The molecule has 0 aliphatic carbocycles. The fraction of sp³-hybridized carbons (Fsp3) is 0.267. The van der Waals surface area contributed by atoms with E-state index >= 15 is 0 Å². The summed E-state index contributed by atoms with van der Waals surface area (Å²) in [6, 6.07) is 8.62. The van der Waals surface area contributed by atoms with E-state index in [1.807, 2.05) is 17.5 Å². The van der Waals surface area contributed by atoms with Crippen LogP contribution in [0.5, 0.6) is 11.5 Å². The zero-order valence-corrected chi connectivity index (χ0v) is 12.6. The van der Waals surface area contributed by atoms with Crippen molar-refractivity contribution in [2.75, 3.05) is 20.8 Å². The molecule has 21 heavy (non-hydrogen) atoms. The van der Waals surface area contributed by atoms with Gasteiger partial charge in [0.15, 0.2) is 0 Å². The van der Waals surface area contributed by atoms with Gasteiger partial charge in [-0.25, -0.2) is 0 Å². The first kappa shape index (κ1) is 15.3. The molecule has 1 aromatic heterocycles. The Balaban J connectivity index is 2.03. The second-order valence-corrected chi connectivity index (χ2v) is 5.32. The standard InChI is InChI=1S/C15H17NO4S/c1-19-11-6-10(7-12(8-11)20-2)15(18)16-9-13(17)14-4-3-5-21-14/h3-8,13,17H,9H2,1-2H3,(H,16,18). The van der Waals surface area contributed by atoms with Gasteiger partial charge in [-0.05, 0) is 23.6 Å². The molecule has 0 fully saturated rings. The van der Waals surface area contributed by atoms with Crippen molar-refractivity contribution in [3.63, 3.8) is 0 Å². The molecule has 0 saturated heterocycles.